The highest BCUT2D eigenvalue weighted by Gasteiger charge is 2.38. The number of fused-ring (bicyclic) bond motifs is 1. The second-order valence-corrected chi connectivity index (χ2v) is 9.07. The van der Waals surface area contributed by atoms with E-state index in [9.17, 15) is 9.59 Å². The van der Waals surface area contributed by atoms with Crippen LogP contribution in [0.1, 0.15) is 60.0 Å². The Hall–Kier alpha value is -3.26. The summed E-state index contributed by atoms with van der Waals surface area (Å²) in [4.78, 5) is 35.2. The molecule has 3 aliphatic rings. The fraction of sp³-hybridized carbons (Fsp3) is 0.440. The number of carbonyl (C=O) groups excluding carboxylic acids is 2. The highest BCUT2D eigenvalue weighted by molar-refractivity contribution is 6.01. The summed E-state index contributed by atoms with van der Waals surface area (Å²) in [6.45, 7) is 4.95. The van der Waals surface area contributed by atoms with Gasteiger partial charge in [0.1, 0.15) is 24.2 Å². The molecule has 1 unspecified atom stereocenters. The maximum atomic E-state index is 13.0. The molecule has 1 aliphatic carbocycles. The van der Waals surface area contributed by atoms with Gasteiger partial charge in [0.25, 0.3) is 5.91 Å². The number of nitrogens with zero attached hydrogens (tertiary/aromatic N) is 3. The van der Waals surface area contributed by atoms with Crippen molar-refractivity contribution in [3.8, 4) is 5.75 Å². The van der Waals surface area contributed by atoms with Crippen LogP contribution in [-0.2, 0) is 17.9 Å². The summed E-state index contributed by atoms with van der Waals surface area (Å²) < 4.78 is 6.42. The molecule has 1 saturated carbocycles. The Morgan fingerprint density at radius 2 is 1.97 bits per heavy atom. The van der Waals surface area contributed by atoms with Crippen molar-refractivity contribution in [3.63, 3.8) is 0 Å². The van der Waals surface area contributed by atoms with Crippen LogP contribution in [0.4, 0.5) is 0 Å². The van der Waals surface area contributed by atoms with Gasteiger partial charge in [-0.25, -0.2) is 9.97 Å². The first kappa shape index (κ1) is 21.6. The normalized spacial score (nSPS) is 25.0. The third-order valence-electron chi connectivity index (χ3n) is 6.78. The van der Waals surface area contributed by atoms with E-state index in [1.54, 1.807) is 4.90 Å². The topological polar surface area (TPSA) is 96.4 Å². The molecule has 2 N–H and O–H groups in total. The molecule has 2 aromatic rings. The Balaban J connectivity index is 1.25. The second kappa shape index (κ2) is 9.31. The number of hydrogen-bond acceptors (Lipinski definition) is 6. The Bertz CT molecular complexity index is 1060. The molecule has 3 atom stereocenters. The summed E-state index contributed by atoms with van der Waals surface area (Å²) >= 11 is 0. The van der Waals surface area contributed by atoms with Gasteiger partial charge < -0.3 is 20.3 Å². The summed E-state index contributed by atoms with van der Waals surface area (Å²) in [5.74, 6) is 0.530. The van der Waals surface area contributed by atoms with Crippen molar-refractivity contribution >= 4 is 11.8 Å². The van der Waals surface area contributed by atoms with Gasteiger partial charge in [-0.2, -0.15) is 0 Å². The van der Waals surface area contributed by atoms with Crippen LogP contribution < -0.4 is 15.4 Å². The van der Waals surface area contributed by atoms with Crippen molar-refractivity contribution in [2.75, 3.05) is 0 Å². The molecule has 1 aromatic heterocycles. The van der Waals surface area contributed by atoms with Crippen LogP contribution in [0, 0.1) is 0 Å². The minimum atomic E-state index is -0.450. The fourth-order valence-electron chi connectivity index (χ4n) is 5.02. The summed E-state index contributed by atoms with van der Waals surface area (Å²) in [6.07, 6.45) is 10.9. The number of nitrogens with one attached hydrogen (secondary N) is 2. The molecule has 1 saturated heterocycles. The van der Waals surface area contributed by atoms with E-state index in [0.717, 1.165) is 36.1 Å². The average molecular weight is 448 g/mol. The predicted molar refractivity (Wildman–Crippen MR) is 122 cm³/mol. The zero-order chi connectivity index (χ0) is 22.8. The van der Waals surface area contributed by atoms with Crippen LogP contribution >= 0.6 is 0 Å². The van der Waals surface area contributed by atoms with Gasteiger partial charge in [-0.1, -0.05) is 13.0 Å². The van der Waals surface area contributed by atoms with Gasteiger partial charge in [0, 0.05) is 48.3 Å². The van der Waals surface area contributed by atoms with Crippen molar-refractivity contribution < 1.29 is 14.3 Å². The molecule has 8 heteroatoms. The molecule has 2 aliphatic heterocycles. The summed E-state index contributed by atoms with van der Waals surface area (Å²) in [7, 11) is 0. The molecule has 0 radical (unpaired) electrons. The average Bonchev–Trinajstić information content (AvgIpc) is 3.14. The van der Waals surface area contributed by atoms with Gasteiger partial charge in [0.05, 0.1) is 0 Å². The SMILES string of the molecule is C=C1CCC(N2Cc3cc(O[C@H]4CCCC[C@@H]4NCc4cncnc4)ccc3C2=O)C(=O)N1. The standard InChI is InChI=1S/C25H29N5O3/c1-16-6-9-22(24(31)29-16)30-14-18-10-19(7-8-20(18)25(30)32)33-23-5-3-2-4-21(23)28-13-17-11-26-15-27-12-17/h7-8,10-12,15,21-23,28H,1-6,9,13-14H2,(H,29,31)/t21-,22?,23-/m0/s1. The van der Waals surface area contributed by atoms with Crippen molar-refractivity contribution in [2.24, 2.45) is 0 Å². The lowest BCUT2D eigenvalue weighted by atomic mass is 9.92. The number of piperidine rings is 1. The first-order valence-electron chi connectivity index (χ1n) is 11.6. The molecular formula is C25H29N5O3. The third-order valence-corrected chi connectivity index (χ3v) is 6.78. The van der Waals surface area contributed by atoms with Gasteiger partial charge in [0.2, 0.25) is 5.91 Å². The van der Waals surface area contributed by atoms with Gasteiger partial charge >= 0.3 is 0 Å². The minimum Gasteiger partial charge on any atom is -0.489 e. The zero-order valence-electron chi connectivity index (χ0n) is 18.6. The first-order chi connectivity index (χ1) is 16.1. The van der Waals surface area contributed by atoms with Crippen LogP contribution in [-0.4, -0.2) is 44.9 Å². The molecule has 0 spiro atoms. The minimum absolute atomic E-state index is 0.0600. The lowest BCUT2D eigenvalue weighted by Crippen LogP contribution is -2.49. The van der Waals surface area contributed by atoms with E-state index in [1.165, 1.54) is 12.7 Å². The summed E-state index contributed by atoms with van der Waals surface area (Å²) in [6, 6.07) is 5.46. The number of carbonyl (C=O) groups is 2. The lowest BCUT2D eigenvalue weighted by Gasteiger charge is -2.32. The molecule has 172 valence electrons. The van der Waals surface area contributed by atoms with Crippen LogP contribution in [0.25, 0.3) is 0 Å². The highest BCUT2D eigenvalue weighted by atomic mass is 16.5. The predicted octanol–water partition coefficient (Wildman–Crippen LogP) is 2.70. The van der Waals surface area contributed by atoms with E-state index in [0.29, 0.717) is 37.2 Å². The summed E-state index contributed by atoms with van der Waals surface area (Å²) in [5.41, 5.74) is 3.33. The maximum Gasteiger partial charge on any atom is 0.255 e. The molecular weight excluding hydrogens is 418 g/mol. The molecule has 2 fully saturated rings. The largest absolute Gasteiger partial charge is 0.489 e. The number of rotatable bonds is 6. The summed E-state index contributed by atoms with van der Waals surface area (Å²) in [5, 5.41) is 6.39. The molecule has 3 heterocycles. The van der Waals surface area contributed by atoms with E-state index in [-0.39, 0.29) is 24.0 Å². The van der Waals surface area contributed by atoms with Crippen molar-refractivity contribution in [1.82, 2.24) is 25.5 Å². The first-order valence-corrected chi connectivity index (χ1v) is 11.6. The van der Waals surface area contributed by atoms with Crippen LogP contribution in [0.2, 0.25) is 0 Å². The Kier molecular flexibility index (Phi) is 6.09. The van der Waals surface area contributed by atoms with E-state index in [2.05, 4.69) is 27.2 Å². The quantitative estimate of drug-likeness (QED) is 0.707. The van der Waals surface area contributed by atoms with E-state index < -0.39 is 6.04 Å². The molecule has 1 aromatic carbocycles. The molecule has 5 rings (SSSR count). The van der Waals surface area contributed by atoms with Crippen LogP contribution in [0.3, 0.4) is 0 Å². The smallest absolute Gasteiger partial charge is 0.255 e. The van der Waals surface area contributed by atoms with E-state index in [1.807, 2.05) is 30.6 Å². The third kappa shape index (κ3) is 4.61. The van der Waals surface area contributed by atoms with Crippen molar-refractivity contribution in [1.29, 1.82) is 0 Å². The van der Waals surface area contributed by atoms with Crippen LogP contribution in [0.5, 0.6) is 5.75 Å². The van der Waals surface area contributed by atoms with Gasteiger partial charge in [-0.15, -0.1) is 0 Å². The zero-order valence-corrected chi connectivity index (χ0v) is 18.6. The van der Waals surface area contributed by atoms with Crippen LogP contribution in [0.15, 0.2) is 49.2 Å². The fourth-order valence-corrected chi connectivity index (χ4v) is 5.02. The lowest BCUT2D eigenvalue weighted by molar-refractivity contribution is -0.126. The van der Waals surface area contributed by atoms with Gasteiger partial charge in [-0.3, -0.25) is 9.59 Å². The number of ether oxygens (including phenoxy) is 1. The number of allylic oxidation sites excluding steroid dienone is 1. The maximum absolute atomic E-state index is 13.0. The van der Waals surface area contributed by atoms with Crippen molar-refractivity contribution in [3.05, 3.63) is 65.9 Å². The number of hydrogen-bond donors (Lipinski definition) is 2. The number of benzene rings is 1. The van der Waals surface area contributed by atoms with Crippen molar-refractivity contribution in [2.45, 2.75) is 69.8 Å². The Morgan fingerprint density at radius 1 is 1.15 bits per heavy atom. The molecule has 8 nitrogen and oxygen atoms in total. The number of amides is 2. The monoisotopic (exact) mass is 447 g/mol. The Labute approximate surface area is 193 Å². The van der Waals surface area contributed by atoms with Gasteiger partial charge in [-0.05, 0) is 55.9 Å². The molecule has 0 bridgehead atoms. The molecule has 2 amide bonds. The van der Waals surface area contributed by atoms with E-state index >= 15 is 0 Å². The highest BCUT2D eigenvalue weighted by Crippen LogP contribution is 2.32. The van der Waals surface area contributed by atoms with E-state index in [4.69, 9.17) is 4.74 Å². The second-order valence-electron chi connectivity index (χ2n) is 9.07. The number of aromatic nitrogens is 2. The molecule has 33 heavy (non-hydrogen) atoms. The van der Waals surface area contributed by atoms with Gasteiger partial charge in [0.15, 0.2) is 0 Å². The Morgan fingerprint density at radius 3 is 2.79 bits per heavy atom.